The molecule has 0 aromatic rings. The molecule has 0 heterocycles. The molecule has 28 heavy (non-hydrogen) atoms. The number of hydrogen-bond donors (Lipinski definition) is 0. The molecule has 0 saturated heterocycles. The maximum Gasteiger partial charge on any atom is -0.0000000000470 e. The lowest BCUT2D eigenvalue weighted by molar-refractivity contribution is 3.27. The first-order valence-electron chi connectivity index (χ1n) is 8.67. The first-order chi connectivity index (χ1) is 12.7. The lowest BCUT2D eigenvalue weighted by Crippen LogP contribution is -2.87. The van der Waals surface area contributed by atoms with Gasteiger partial charge in [0.1, 0.15) is 0 Å². The van der Waals surface area contributed by atoms with E-state index in [9.17, 15) is 0 Å². The predicted molar refractivity (Wildman–Crippen MR) is 165 cm³/mol. The molecule has 0 amide bonds. The first-order valence-corrected chi connectivity index (χ1v) is 8.67. The van der Waals surface area contributed by atoms with Crippen LogP contribution in [-0.4, -0.2) is 199 Å². The maximum atomic E-state index is 6.50. The van der Waals surface area contributed by atoms with Gasteiger partial charge in [0.2, 0.25) is 0 Å². The molecule has 88 valence electrons. The molecule has 0 bridgehead atoms. The molecule has 0 aliphatic rings. The van der Waals surface area contributed by atoms with Crippen LogP contribution in [0.3, 0.4) is 0 Å². The fraction of sp³-hybridized carbons (Fsp3) is 0. The fourth-order valence-electron chi connectivity index (χ4n) is 3.98. The molecule has 28 radical (unpaired) electrons. The van der Waals surface area contributed by atoms with E-state index in [0.29, 0.717) is 0 Å². The van der Waals surface area contributed by atoms with E-state index in [4.69, 9.17) is 108 Å². The van der Waals surface area contributed by atoms with Crippen molar-refractivity contribution in [1.82, 2.24) is 0 Å². The van der Waals surface area contributed by atoms with Crippen LogP contribution in [0.5, 0.6) is 0 Å². The van der Waals surface area contributed by atoms with Crippen LogP contribution >= 0.6 is 0 Å². The first kappa shape index (κ1) is 29.8. The van der Waals surface area contributed by atoms with Gasteiger partial charge in [0.05, 0.1) is 0 Å². The van der Waals surface area contributed by atoms with Crippen LogP contribution in [0, 0.1) is 0 Å². The van der Waals surface area contributed by atoms with Crippen molar-refractivity contribution in [3.63, 3.8) is 0 Å². The number of hydrogen-bond acceptors (Lipinski definition) is 0. The van der Waals surface area contributed by atoms with E-state index in [0.717, 1.165) is 0 Å². The summed E-state index contributed by atoms with van der Waals surface area (Å²) in [6.07, 6.45) is -10.2. The van der Waals surface area contributed by atoms with Gasteiger partial charge >= 0.3 is 0 Å². The van der Waals surface area contributed by atoms with Crippen LogP contribution < -0.4 is 0 Å². The van der Waals surface area contributed by atoms with Crippen LogP contribution in [0.1, 0.15) is 0 Å². The Balaban J connectivity index is 6.81. The highest BCUT2D eigenvalue weighted by atomic mass is 13.3. The van der Waals surface area contributed by atoms with E-state index >= 15 is 0 Å². The molecule has 0 aromatic heterocycles. The Morgan fingerprint density at radius 2 is 0.536 bits per heavy atom. The average Bonchev–Trinajstić information content (AvgIpc) is 2.48. The summed E-state index contributed by atoms with van der Waals surface area (Å²) < 4.78 is 0. The van der Waals surface area contributed by atoms with E-state index in [1.165, 1.54) is 0 Å². The van der Waals surface area contributed by atoms with Crippen molar-refractivity contribution in [2.24, 2.45) is 0 Å². The second kappa shape index (κ2) is 13.4. The van der Waals surface area contributed by atoms with Crippen LogP contribution in [0.15, 0.2) is 0 Å². The summed E-state index contributed by atoms with van der Waals surface area (Å²) in [7, 11) is 84.5. The van der Waals surface area contributed by atoms with Gasteiger partial charge in [-0.2, -0.15) is 0 Å². The van der Waals surface area contributed by atoms with Crippen LogP contribution in [-0.2, 0) is 0 Å². The Morgan fingerprint density at radius 1 is 0.321 bits per heavy atom. The average molecular weight is 306 g/mol. The molecule has 0 aliphatic carbocycles. The van der Waals surface area contributed by atoms with Crippen LogP contribution in [0.2, 0.25) is 0 Å². The maximum absolute atomic E-state index is 6.50. The summed E-state index contributed by atoms with van der Waals surface area (Å²) in [5.41, 5.74) is 0. The van der Waals surface area contributed by atoms with E-state index in [1.54, 1.807) is 0 Å². The summed E-state index contributed by atoms with van der Waals surface area (Å²) in [6.45, 7) is 0. The van der Waals surface area contributed by atoms with Crippen molar-refractivity contribution in [3.8, 4) is 0 Å². The molecule has 0 unspecified atom stereocenters. The Labute approximate surface area is 198 Å². The highest BCUT2D eigenvalue weighted by Gasteiger charge is 2.50. The number of rotatable bonds is 12. The summed E-state index contributed by atoms with van der Waals surface area (Å²) in [6, 6.07) is 0. The normalized spacial score (nSPS) is 9.46. The third kappa shape index (κ3) is 8.06. The summed E-state index contributed by atoms with van der Waals surface area (Å²) >= 11 is 0. The van der Waals surface area contributed by atoms with E-state index < -0.39 is 76.6 Å². The minimum absolute atomic E-state index is 0.278. The van der Waals surface area contributed by atoms with Gasteiger partial charge < -0.3 is 0 Å². The molecule has 0 atom stereocenters. The van der Waals surface area contributed by atoms with Gasteiger partial charge in [0.25, 0.3) is 0 Å². The van der Waals surface area contributed by atoms with Crippen molar-refractivity contribution in [3.05, 3.63) is 0 Å². The molecule has 0 fully saturated rings. The van der Waals surface area contributed by atoms with Gasteiger partial charge in [0, 0.05) is 0 Å². The Hall–Kier alpha value is 1.82. The zero-order chi connectivity index (χ0) is 22.5. The second-order valence-electron chi connectivity index (χ2n) is 7.12. The second-order valence-corrected chi connectivity index (χ2v) is 7.12. The molecule has 28 heteroatoms. The van der Waals surface area contributed by atoms with Gasteiger partial charge in [-0.1, -0.05) is 7.74 Å². The summed E-state index contributed by atoms with van der Waals surface area (Å²) in [4.78, 5) is 0. The predicted octanol–water partition coefficient (Wildman–Crippen LogP) is -11.5. The molecule has 0 saturated carbocycles. The van der Waals surface area contributed by atoms with Gasteiger partial charge in [-0.25, -0.2) is 0 Å². The summed E-state index contributed by atoms with van der Waals surface area (Å²) in [5, 5.41) is 0. The van der Waals surface area contributed by atoms with Gasteiger partial charge in [0.15, 0.2) is 0 Å². The quantitative estimate of drug-likeness (QED) is 0.314. The summed E-state index contributed by atoms with van der Waals surface area (Å²) in [5.74, 6) is 0. The van der Waals surface area contributed by atoms with Crippen LogP contribution in [0.4, 0.5) is 0 Å². The lowest BCUT2D eigenvalue weighted by atomic mass is 8.32. The lowest BCUT2D eigenvalue weighted by Gasteiger charge is -2.49. The standard InChI is InChI=1S/B28H3/c1-16(2)23(15)27(24(17(3)4)18(5)6)28(25(19(7)8)20(9)10)26(21(11)12)22(13)14/h1H3/q-1. The highest BCUT2D eigenvalue weighted by Crippen LogP contribution is 2.12. The van der Waals surface area contributed by atoms with E-state index in [1.807, 2.05) is 0 Å². The molecule has 0 aliphatic heterocycles. The SMILES string of the molecule is [B]B([B])B(B([B])[B])B(B([B])B([B])[BH3-])B(B(B([B])[B])B([B])[B])B(B([B])[B])B([B])[B]. The van der Waals surface area contributed by atoms with E-state index in [2.05, 4.69) is 0 Å². The van der Waals surface area contributed by atoms with Gasteiger partial charge in [-0.3, -0.25) is 0 Å². The van der Waals surface area contributed by atoms with Crippen molar-refractivity contribution >= 4 is 199 Å². The third-order valence-corrected chi connectivity index (χ3v) is 5.11. The van der Waals surface area contributed by atoms with Gasteiger partial charge in [-0.05, 0) is 185 Å². The zero-order valence-electron chi connectivity index (χ0n) is 15.6. The highest BCUT2D eigenvalue weighted by molar-refractivity contribution is 8.26. The molecule has 0 N–H and O–H groups in total. The topological polar surface area (TPSA) is 0 Å². The third-order valence-electron chi connectivity index (χ3n) is 5.11. The molecular weight excluding hydrogens is 303 g/mol. The largest absolute Gasteiger partial charge is 0.128 e. The van der Waals surface area contributed by atoms with E-state index in [-0.39, 0.29) is 14.1 Å². The zero-order valence-corrected chi connectivity index (χ0v) is 15.6. The Morgan fingerprint density at radius 3 is 0.714 bits per heavy atom. The van der Waals surface area contributed by atoms with Crippen molar-refractivity contribution in [2.75, 3.05) is 0 Å². The van der Waals surface area contributed by atoms with Crippen molar-refractivity contribution < 1.29 is 0 Å². The molecule has 0 nitrogen and oxygen atoms in total. The van der Waals surface area contributed by atoms with Crippen molar-refractivity contribution in [2.45, 2.75) is 0 Å². The monoisotopic (exact) mass is 311 g/mol. The Kier molecular flexibility index (Phi) is 14.3. The smallest absolute Gasteiger partial charge is 0.0000000000470 e. The Bertz CT molecular complexity index is 354. The minimum Gasteiger partial charge on any atom is -0.128 e. The van der Waals surface area contributed by atoms with Crippen LogP contribution in [0.25, 0.3) is 0 Å². The van der Waals surface area contributed by atoms with Gasteiger partial charge in [-0.15, -0.1) is 6.39 Å². The van der Waals surface area contributed by atoms with Crippen molar-refractivity contribution in [1.29, 1.82) is 0 Å². The molecule has 0 aromatic carbocycles. The minimum atomic E-state index is -0.969. The molecule has 0 spiro atoms. The molecule has 0 rings (SSSR count). The molecular formula is H3B28-. The fourth-order valence-corrected chi connectivity index (χ4v) is 3.98.